The van der Waals surface area contributed by atoms with Gasteiger partial charge in [-0.05, 0) is 18.1 Å². The number of anilines is 1. The number of carbonyl (C=O) groups is 2. The number of nitrogens with zero attached hydrogens (tertiary/aromatic N) is 1. The van der Waals surface area contributed by atoms with Crippen molar-refractivity contribution in [1.29, 1.82) is 0 Å². The Morgan fingerprint density at radius 2 is 1.91 bits per heavy atom. The van der Waals surface area contributed by atoms with Crippen molar-refractivity contribution in [2.24, 2.45) is 0 Å². The second kappa shape index (κ2) is 5.90. The van der Waals surface area contributed by atoms with Crippen LogP contribution in [-0.4, -0.2) is 37.0 Å². The lowest BCUT2D eigenvalue weighted by molar-refractivity contribution is -0.173. The third-order valence-corrected chi connectivity index (χ3v) is 3.25. The Morgan fingerprint density at radius 3 is 2.50 bits per heavy atom. The number of para-hydroxylation sites is 1. The van der Waals surface area contributed by atoms with Crippen LogP contribution in [0.15, 0.2) is 24.3 Å². The van der Waals surface area contributed by atoms with Gasteiger partial charge in [-0.3, -0.25) is 9.59 Å². The first-order valence-electron chi connectivity index (χ1n) is 6.26. The second-order valence-electron chi connectivity index (χ2n) is 4.70. The van der Waals surface area contributed by atoms with Gasteiger partial charge in [0, 0.05) is 12.2 Å². The highest BCUT2D eigenvalue weighted by Gasteiger charge is 2.41. The van der Waals surface area contributed by atoms with Crippen molar-refractivity contribution < 1.29 is 31.5 Å². The highest BCUT2D eigenvalue weighted by molar-refractivity contribution is 5.98. The normalized spacial score (nSPS) is 17.5. The Hall–Kier alpha value is -2.19. The van der Waals surface area contributed by atoms with E-state index in [1.165, 1.54) is 12.1 Å². The van der Waals surface area contributed by atoms with E-state index in [0.717, 1.165) is 4.90 Å². The Kier molecular flexibility index (Phi) is 4.34. The number of halogens is 5. The van der Waals surface area contributed by atoms with Gasteiger partial charge >= 0.3 is 18.5 Å². The number of amides is 2. The molecule has 0 spiro atoms. The van der Waals surface area contributed by atoms with Crippen LogP contribution in [0.1, 0.15) is 5.56 Å². The molecule has 1 aromatic carbocycles. The molecule has 0 bridgehead atoms. The summed E-state index contributed by atoms with van der Waals surface area (Å²) in [6, 6.07) is 5.19. The maximum absolute atomic E-state index is 12.7. The van der Waals surface area contributed by atoms with E-state index in [9.17, 15) is 31.5 Å². The minimum absolute atomic E-state index is 0.0901. The Bertz CT molecular complexity index is 588. The Labute approximate surface area is 121 Å². The van der Waals surface area contributed by atoms with Crippen molar-refractivity contribution in [2.45, 2.75) is 25.1 Å². The fourth-order valence-electron chi connectivity index (χ4n) is 2.34. The van der Waals surface area contributed by atoms with Gasteiger partial charge in [0.1, 0.15) is 0 Å². The molecule has 1 unspecified atom stereocenters. The van der Waals surface area contributed by atoms with E-state index in [-0.39, 0.29) is 12.1 Å². The maximum atomic E-state index is 12.7. The molecule has 120 valence electrons. The van der Waals surface area contributed by atoms with Crippen LogP contribution in [0.2, 0.25) is 0 Å². The second-order valence-corrected chi connectivity index (χ2v) is 4.70. The summed E-state index contributed by atoms with van der Waals surface area (Å²) < 4.78 is 61.8. The highest BCUT2D eigenvalue weighted by Crippen LogP contribution is 2.32. The van der Waals surface area contributed by atoms with Crippen molar-refractivity contribution in [3.63, 3.8) is 0 Å². The van der Waals surface area contributed by atoms with Gasteiger partial charge in [-0.25, -0.2) is 0 Å². The third-order valence-electron chi connectivity index (χ3n) is 3.25. The number of nitrogens with one attached hydrogen (secondary N) is 1. The van der Waals surface area contributed by atoms with E-state index in [1.54, 1.807) is 17.4 Å². The van der Waals surface area contributed by atoms with Gasteiger partial charge in [0.25, 0.3) is 5.91 Å². The van der Waals surface area contributed by atoms with Gasteiger partial charge in [0.2, 0.25) is 0 Å². The van der Waals surface area contributed by atoms with E-state index < -0.39 is 37.0 Å². The van der Waals surface area contributed by atoms with E-state index in [1.807, 2.05) is 0 Å². The van der Waals surface area contributed by atoms with Gasteiger partial charge in [0.05, 0.1) is 6.04 Å². The van der Waals surface area contributed by atoms with E-state index in [4.69, 9.17) is 0 Å². The van der Waals surface area contributed by atoms with Gasteiger partial charge in [0.15, 0.2) is 0 Å². The summed E-state index contributed by atoms with van der Waals surface area (Å²) in [5.74, 6) is -3.68. The monoisotopic (exact) mass is 322 g/mol. The molecule has 0 aliphatic carbocycles. The average Bonchev–Trinajstić information content (AvgIpc) is 2.80. The molecule has 1 N–H and O–H groups in total. The van der Waals surface area contributed by atoms with Gasteiger partial charge < -0.3 is 10.2 Å². The molecule has 4 nitrogen and oxygen atoms in total. The SMILES string of the molecule is O=C(C(F)F)N1c2ccccc2CC1CNC(=O)C(F)(F)F. The first-order valence-corrected chi connectivity index (χ1v) is 6.26. The summed E-state index contributed by atoms with van der Waals surface area (Å²) in [5.41, 5.74) is 0.779. The third kappa shape index (κ3) is 3.18. The molecule has 1 heterocycles. The molecular weight excluding hydrogens is 311 g/mol. The van der Waals surface area contributed by atoms with Crippen LogP contribution in [0, 0.1) is 0 Å². The summed E-state index contributed by atoms with van der Waals surface area (Å²) in [6.07, 6.45) is -8.26. The molecule has 1 aromatic rings. The molecule has 0 aromatic heterocycles. The van der Waals surface area contributed by atoms with Crippen LogP contribution in [0.4, 0.5) is 27.6 Å². The zero-order valence-electron chi connectivity index (χ0n) is 11.0. The van der Waals surface area contributed by atoms with Crippen molar-refractivity contribution >= 4 is 17.5 Å². The molecule has 0 saturated carbocycles. The van der Waals surface area contributed by atoms with Crippen molar-refractivity contribution in [3.05, 3.63) is 29.8 Å². The largest absolute Gasteiger partial charge is 0.471 e. The number of rotatable bonds is 3. The summed E-state index contributed by atoms with van der Waals surface area (Å²) in [4.78, 5) is 23.2. The van der Waals surface area contributed by atoms with Crippen molar-refractivity contribution in [1.82, 2.24) is 5.32 Å². The van der Waals surface area contributed by atoms with E-state index in [0.29, 0.717) is 5.56 Å². The molecule has 1 aliphatic heterocycles. The number of carbonyl (C=O) groups excluding carboxylic acids is 2. The molecule has 1 atom stereocenters. The lowest BCUT2D eigenvalue weighted by atomic mass is 10.1. The Balaban J connectivity index is 2.17. The van der Waals surface area contributed by atoms with E-state index in [2.05, 4.69) is 0 Å². The molecule has 2 rings (SSSR count). The van der Waals surface area contributed by atoms with Gasteiger partial charge in [-0.15, -0.1) is 0 Å². The molecular formula is C13H11F5N2O2. The number of hydrogen-bond acceptors (Lipinski definition) is 2. The fourth-order valence-corrected chi connectivity index (χ4v) is 2.34. The van der Waals surface area contributed by atoms with Crippen LogP contribution < -0.4 is 10.2 Å². The predicted octanol–water partition coefficient (Wildman–Crippen LogP) is 1.89. The molecule has 9 heteroatoms. The van der Waals surface area contributed by atoms with Gasteiger partial charge in [-0.2, -0.15) is 22.0 Å². The summed E-state index contributed by atoms with van der Waals surface area (Å²) >= 11 is 0. The van der Waals surface area contributed by atoms with Crippen molar-refractivity contribution in [3.8, 4) is 0 Å². The minimum atomic E-state index is -5.07. The average molecular weight is 322 g/mol. The quantitative estimate of drug-likeness (QED) is 0.864. The summed E-state index contributed by atoms with van der Waals surface area (Å²) in [7, 11) is 0. The topological polar surface area (TPSA) is 49.4 Å². The van der Waals surface area contributed by atoms with Crippen LogP contribution >= 0.6 is 0 Å². The highest BCUT2D eigenvalue weighted by atomic mass is 19.4. The lowest BCUT2D eigenvalue weighted by Gasteiger charge is -2.25. The minimum Gasteiger partial charge on any atom is -0.346 e. The molecule has 0 fully saturated rings. The molecule has 22 heavy (non-hydrogen) atoms. The number of benzene rings is 1. The van der Waals surface area contributed by atoms with E-state index >= 15 is 0 Å². The molecule has 1 aliphatic rings. The molecule has 0 saturated heterocycles. The number of alkyl halides is 5. The lowest BCUT2D eigenvalue weighted by Crippen LogP contribution is -2.49. The van der Waals surface area contributed by atoms with Gasteiger partial charge in [-0.1, -0.05) is 18.2 Å². The standard InChI is InChI=1S/C13H11F5N2O2/c14-10(15)11(21)20-8(6-19-12(22)13(16,17)18)5-7-3-1-2-4-9(7)20/h1-4,8,10H,5-6H2,(H,19,22). The number of hydrogen-bond donors (Lipinski definition) is 1. The summed E-state index contributed by atoms with van der Waals surface area (Å²) in [5, 5.41) is 1.62. The smallest absolute Gasteiger partial charge is 0.346 e. The Morgan fingerprint density at radius 1 is 1.27 bits per heavy atom. The zero-order chi connectivity index (χ0) is 16.5. The first-order chi connectivity index (χ1) is 10.2. The maximum Gasteiger partial charge on any atom is 0.471 e. The molecule has 0 radical (unpaired) electrons. The predicted molar refractivity (Wildman–Crippen MR) is 66.5 cm³/mol. The van der Waals surface area contributed by atoms with Crippen LogP contribution in [0.3, 0.4) is 0 Å². The van der Waals surface area contributed by atoms with Crippen molar-refractivity contribution in [2.75, 3.05) is 11.4 Å². The van der Waals surface area contributed by atoms with Crippen LogP contribution in [0.25, 0.3) is 0 Å². The summed E-state index contributed by atoms with van der Waals surface area (Å²) in [6.45, 7) is -0.564. The molecule has 2 amide bonds. The first kappa shape index (κ1) is 16.2. The van der Waals surface area contributed by atoms with Crippen LogP contribution in [0.5, 0.6) is 0 Å². The van der Waals surface area contributed by atoms with Crippen LogP contribution in [-0.2, 0) is 16.0 Å². The fraction of sp³-hybridized carbons (Fsp3) is 0.385. The number of fused-ring (bicyclic) bond motifs is 1. The zero-order valence-corrected chi connectivity index (χ0v) is 11.0.